The first-order valence-corrected chi connectivity index (χ1v) is 15.1. The molecule has 1 atom stereocenters. The van der Waals surface area contributed by atoms with Crippen molar-refractivity contribution in [1.82, 2.24) is 9.88 Å². The number of rotatable bonds is 7. The van der Waals surface area contributed by atoms with Crippen molar-refractivity contribution in [2.75, 3.05) is 25.5 Å². The van der Waals surface area contributed by atoms with Crippen molar-refractivity contribution in [3.8, 4) is 0 Å². The number of aryl methyl sites for hydroxylation is 1. The van der Waals surface area contributed by atoms with Crippen LogP contribution in [0.5, 0.6) is 0 Å². The summed E-state index contributed by atoms with van der Waals surface area (Å²) in [5.41, 5.74) is 4.43. The van der Waals surface area contributed by atoms with Gasteiger partial charge in [-0.3, -0.25) is 14.7 Å². The van der Waals surface area contributed by atoms with E-state index in [1.54, 1.807) is 0 Å². The van der Waals surface area contributed by atoms with Crippen LogP contribution in [-0.4, -0.2) is 54.0 Å². The normalized spacial score (nSPS) is 16.3. The van der Waals surface area contributed by atoms with Gasteiger partial charge in [0.15, 0.2) is 6.10 Å². The highest BCUT2D eigenvalue weighted by molar-refractivity contribution is 7.17. The van der Waals surface area contributed by atoms with Crippen LogP contribution in [0.25, 0.3) is 10.9 Å². The molecule has 1 aliphatic heterocycles. The topological polar surface area (TPSA) is 97.8 Å². The Morgan fingerprint density at radius 1 is 1.00 bits per heavy atom. The number of aromatic nitrogens is 1. The maximum atomic E-state index is 13.8. The number of thiophene rings is 1. The molecule has 2 aliphatic rings. The van der Waals surface area contributed by atoms with Crippen molar-refractivity contribution in [3.05, 3.63) is 57.1 Å². The van der Waals surface area contributed by atoms with Crippen LogP contribution in [0.1, 0.15) is 88.4 Å². The minimum atomic E-state index is -1.02. The van der Waals surface area contributed by atoms with E-state index in [1.807, 2.05) is 31.2 Å². The van der Waals surface area contributed by atoms with Gasteiger partial charge in [-0.1, -0.05) is 44.9 Å². The Hall–Kier alpha value is -3.30. The minimum absolute atomic E-state index is 0.294. The molecule has 2 aromatic heterocycles. The number of esters is 2. The van der Waals surface area contributed by atoms with E-state index >= 15 is 0 Å². The van der Waals surface area contributed by atoms with E-state index in [0.29, 0.717) is 29.1 Å². The summed E-state index contributed by atoms with van der Waals surface area (Å²) in [7, 11) is 1.36. The maximum Gasteiger partial charge on any atom is 0.341 e. The number of anilines is 1. The van der Waals surface area contributed by atoms with Gasteiger partial charge in [-0.2, -0.15) is 0 Å². The predicted octanol–water partition coefficient (Wildman–Crippen LogP) is 5.69. The summed E-state index contributed by atoms with van der Waals surface area (Å²) >= 11 is 1.44. The number of pyridine rings is 1. The van der Waals surface area contributed by atoms with E-state index in [2.05, 4.69) is 17.1 Å². The highest BCUT2D eigenvalue weighted by atomic mass is 32.1. The third-order valence-electron chi connectivity index (χ3n) is 7.99. The Morgan fingerprint density at radius 3 is 2.52 bits per heavy atom. The van der Waals surface area contributed by atoms with Crippen LogP contribution in [0, 0.1) is 0 Å². The van der Waals surface area contributed by atoms with Gasteiger partial charge < -0.3 is 14.8 Å². The first-order valence-electron chi connectivity index (χ1n) is 14.3. The number of carbonyl (C=O) groups is 3. The van der Waals surface area contributed by atoms with E-state index < -0.39 is 23.9 Å². The molecule has 0 saturated heterocycles. The van der Waals surface area contributed by atoms with Crippen molar-refractivity contribution in [2.24, 2.45) is 0 Å². The molecule has 5 rings (SSSR count). The van der Waals surface area contributed by atoms with Gasteiger partial charge in [-0.05, 0) is 50.3 Å². The number of hydrogen-bond acceptors (Lipinski definition) is 8. The monoisotopic (exact) mass is 563 g/mol. The third-order valence-corrected chi connectivity index (χ3v) is 9.19. The molecule has 0 spiro atoms. The van der Waals surface area contributed by atoms with Gasteiger partial charge in [0.25, 0.3) is 5.91 Å². The quantitative estimate of drug-likeness (QED) is 0.369. The Kier molecular flexibility index (Phi) is 8.81. The number of nitrogens with one attached hydrogen (secondary N) is 1. The number of likely N-dealkylation sites (N-methyl/N-ethyl adjacent to an activating group) is 1. The van der Waals surface area contributed by atoms with Gasteiger partial charge in [-0.25, -0.2) is 9.59 Å². The molecule has 1 N–H and O–H groups in total. The standard InChI is InChI=1S/C31H37N3O5S/c1-4-24(28(35)33-29-27(30(36)38-3)20-13-8-6-7-9-15-25(20)40-29)39-31(37)26-19-12-10-11-14-22(19)32-23-16-17-34(5-2)18-21(23)26/h10-12,14,24H,4-9,13,15-18H2,1-3H3,(H,33,35). The summed E-state index contributed by atoms with van der Waals surface area (Å²) in [5, 5.41) is 4.13. The summed E-state index contributed by atoms with van der Waals surface area (Å²) in [4.78, 5) is 48.3. The van der Waals surface area contributed by atoms with Crippen LogP contribution < -0.4 is 5.32 Å². The van der Waals surface area contributed by atoms with Gasteiger partial charge in [0.05, 0.1) is 23.8 Å². The lowest BCUT2D eigenvalue weighted by Crippen LogP contribution is -2.35. The number of hydrogen-bond donors (Lipinski definition) is 1. The molecule has 8 nitrogen and oxygen atoms in total. The van der Waals surface area contributed by atoms with Crippen LogP contribution in [-0.2, 0) is 40.1 Å². The molecule has 3 aromatic rings. The SMILES string of the molecule is CCC(OC(=O)c1c2c(nc3ccccc13)CCN(CC)C2)C(=O)Nc1sc2c(c1C(=O)OC)CCCCCC2. The first kappa shape index (κ1) is 28.2. The fourth-order valence-corrected chi connectivity index (χ4v) is 7.06. The second kappa shape index (κ2) is 12.5. The molecule has 1 unspecified atom stereocenters. The molecule has 0 bridgehead atoms. The highest BCUT2D eigenvalue weighted by Crippen LogP contribution is 2.38. The van der Waals surface area contributed by atoms with E-state index in [4.69, 9.17) is 14.5 Å². The Labute approximate surface area is 239 Å². The van der Waals surface area contributed by atoms with Gasteiger partial charge in [0.2, 0.25) is 0 Å². The smallest absolute Gasteiger partial charge is 0.341 e. The van der Waals surface area contributed by atoms with Crippen LogP contribution in [0.2, 0.25) is 0 Å². The summed E-state index contributed by atoms with van der Waals surface area (Å²) in [5.74, 6) is -1.42. The molecule has 0 radical (unpaired) electrons. The lowest BCUT2D eigenvalue weighted by atomic mass is 9.95. The summed E-state index contributed by atoms with van der Waals surface area (Å²) < 4.78 is 11.0. The summed E-state index contributed by atoms with van der Waals surface area (Å²) in [6.45, 7) is 6.28. The Balaban J connectivity index is 1.43. The van der Waals surface area contributed by atoms with Crippen LogP contribution in [0.15, 0.2) is 24.3 Å². The third kappa shape index (κ3) is 5.63. The van der Waals surface area contributed by atoms with Crippen LogP contribution in [0.4, 0.5) is 5.00 Å². The number of fused-ring (bicyclic) bond motifs is 3. The zero-order chi connectivity index (χ0) is 28.2. The van der Waals surface area contributed by atoms with Gasteiger partial charge >= 0.3 is 11.9 Å². The van der Waals surface area contributed by atoms with E-state index in [-0.39, 0.29) is 0 Å². The molecule has 1 amide bonds. The van der Waals surface area contributed by atoms with Crippen LogP contribution >= 0.6 is 11.3 Å². The summed E-state index contributed by atoms with van der Waals surface area (Å²) in [6, 6.07) is 7.58. The van der Waals surface area contributed by atoms with Gasteiger partial charge in [-0.15, -0.1) is 11.3 Å². The fourth-order valence-electron chi connectivity index (χ4n) is 5.78. The molecule has 40 heavy (non-hydrogen) atoms. The zero-order valence-electron chi connectivity index (χ0n) is 23.5. The molecule has 1 aromatic carbocycles. The van der Waals surface area contributed by atoms with Crippen molar-refractivity contribution < 1.29 is 23.9 Å². The second-order valence-electron chi connectivity index (χ2n) is 10.5. The minimum Gasteiger partial charge on any atom is -0.465 e. The van der Waals surface area contributed by atoms with Gasteiger partial charge in [0.1, 0.15) is 5.00 Å². The number of ether oxygens (including phenoxy) is 2. The number of amides is 1. The average molecular weight is 564 g/mol. The van der Waals surface area contributed by atoms with Crippen molar-refractivity contribution >= 4 is 45.1 Å². The number of benzene rings is 1. The molecular formula is C31H37N3O5S. The van der Waals surface area contributed by atoms with E-state index in [0.717, 1.165) is 90.6 Å². The lowest BCUT2D eigenvalue weighted by Gasteiger charge is -2.29. The Bertz CT molecular complexity index is 1430. The van der Waals surface area contributed by atoms with Crippen molar-refractivity contribution in [3.63, 3.8) is 0 Å². The maximum absolute atomic E-state index is 13.8. The fraction of sp³-hybridized carbons (Fsp3) is 0.484. The lowest BCUT2D eigenvalue weighted by molar-refractivity contribution is -0.124. The number of methoxy groups -OCH3 is 1. The van der Waals surface area contributed by atoms with Gasteiger partial charge in [0, 0.05) is 41.0 Å². The number of para-hydroxylation sites is 1. The van der Waals surface area contributed by atoms with Crippen molar-refractivity contribution in [1.29, 1.82) is 0 Å². The number of nitrogens with zero attached hydrogens (tertiary/aromatic N) is 2. The zero-order valence-corrected chi connectivity index (χ0v) is 24.3. The first-order chi connectivity index (χ1) is 19.4. The largest absolute Gasteiger partial charge is 0.465 e. The summed E-state index contributed by atoms with van der Waals surface area (Å²) in [6.07, 6.45) is 6.02. The Morgan fingerprint density at radius 2 is 1.77 bits per heavy atom. The van der Waals surface area contributed by atoms with Crippen molar-refractivity contribution in [2.45, 2.75) is 77.9 Å². The molecule has 212 valence electrons. The molecule has 0 fully saturated rings. The van der Waals surface area contributed by atoms with Crippen LogP contribution in [0.3, 0.4) is 0 Å². The molecule has 0 saturated carbocycles. The average Bonchev–Trinajstić information content (AvgIpc) is 3.28. The molecule has 3 heterocycles. The second-order valence-corrected chi connectivity index (χ2v) is 11.6. The predicted molar refractivity (Wildman–Crippen MR) is 156 cm³/mol. The van der Waals surface area contributed by atoms with E-state index in [9.17, 15) is 14.4 Å². The molecule has 9 heteroatoms. The molecular weight excluding hydrogens is 526 g/mol. The molecule has 1 aliphatic carbocycles. The number of carbonyl (C=O) groups excluding carboxylic acids is 3. The van der Waals surface area contributed by atoms with E-state index in [1.165, 1.54) is 18.4 Å². The highest BCUT2D eigenvalue weighted by Gasteiger charge is 2.31.